The first-order chi connectivity index (χ1) is 11.9. The Labute approximate surface area is 151 Å². The molecule has 0 spiro atoms. The highest BCUT2D eigenvalue weighted by Gasteiger charge is 2.28. The van der Waals surface area contributed by atoms with Crippen LogP contribution in [0.2, 0.25) is 0 Å². The Kier molecular flexibility index (Phi) is 5.04. The Bertz CT molecular complexity index is 827. The van der Waals surface area contributed by atoms with Crippen LogP contribution in [0, 0.1) is 19.7 Å². The summed E-state index contributed by atoms with van der Waals surface area (Å²) >= 11 is 1.60. The van der Waals surface area contributed by atoms with Crippen LogP contribution < -0.4 is 0 Å². The first-order valence-electron chi connectivity index (χ1n) is 8.55. The highest BCUT2D eigenvalue weighted by atomic mass is 32.1. The molecule has 2 heterocycles. The summed E-state index contributed by atoms with van der Waals surface area (Å²) in [5.74, 6) is -0.301. The number of halogens is 1. The summed E-state index contributed by atoms with van der Waals surface area (Å²) in [6.07, 6.45) is 1.14. The molecule has 25 heavy (non-hydrogen) atoms. The highest BCUT2D eigenvalue weighted by Crippen LogP contribution is 2.31. The first kappa shape index (κ1) is 17.8. The molecular weight excluding hydrogens is 337 g/mol. The molecular formula is C20H22FNO2S. The average Bonchev–Trinajstić information content (AvgIpc) is 2.91. The fraction of sp³-hybridized carbons (Fsp3) is 0.400. The quantitative estimate of drug-likeness (QED) is 0.748. The molecule has 3 rings (SSSR count). The predicted octanol–water partition coefficient (Wildman–Crippen LogP) is 4.61. The smallest absolute Gasteiger partial charge is 0.223 e. The van der Waals surface area contributed by atoms with Gasteiger partial charge in [-0.1, -0.05) is 6.07 Å². The molecule has 5 heteroatoms. The van der Waals surface area contributed by atoms with Crippen LogP contribution in [-0.2, 0) is 11.2 Å². The molecule has 0 radical (unpaired) electrons. The number of nitrogens with zero attached hydrogens (tertiary/aromatic N) is 1. The van der Waals surface area contributed by atoms with Crippen molar-refractivity contribution in [1.82, 2.24) is 4.90 Å². The molecule has 0 bridgehead atoms. The number of aryl methyl sites for hydroxylation is 2. The van der Waals surface area contributed by atoms with Gasteiger partial charge in [-0.15, -0.1) is 11.3 Å². The van der Waals surface area contributed by atoms with Gasteiger partial charge in [0, 0.05) is 34.7 Å². The molecule has 1 amide bonds. The molecule has 0 aliphatic carbocycles. The van der Waals surface area contributed by atoms with E-state index in [1.807, 2.05) is 26.8 Å². The standard InChI is InChI=1S/C20H22FNO2S/c1-12-10-18(14(3)25-12)19(23)6-7-20(24)22-9-8-15-4-5-16(21)11-17(15)13(22)2/h4-5,10-11,13H,6-9H2,1-3H3. The number of amides is 1. The number of hydrogen-bond donors (Lipinski definition) is 0. The molecule has 1 aliphatic heterocycles. The third-order valence-electron chi connectivity index (χ3n) is 4.88. The van der Waals surface area contributed by atoms with Crippen molar-refractivity contribution in [3.8, 4) is 0 Å². The van der Waals surface area contributed by atoms with Crippen LogP contribution >= 0.6 is 11.3 Å². The third-order valence-corrected chi connectivity index (χ3v) is 5.84. The van der Waals surface area contributed by atoms with Crippen LogP contribution in [0.5, 0.6) is 0 Å². The van der Waals surface area contributed by atoms with Crippen molar-refractivity contribution in [1.29, 1.82) is 0 Å². The van der Waals surface area contributed by atoms with E-state index in [0.29, 0.717) is 6.54 Å². The maximum absolute atomic E-state index is 13.5. The van der Waals surface area contributed by atoms with E-state index >= 15 is 0 Å². The number of thiophene rings is 1. The summed E-state index contributed by atoms with van der Waals surface area (Å²) in [6.45, 7) is 6.45. The molecule has 1 aromatic heterocycles. The Morgan fingerprint density at radius 1 is 1.24 bits per heavy atom. The lowest BCUT2D eigenvalue weighted by molar-refractivity contribution is -0.133. The van der Waals surface area contributed by atoms with Gasteiger partial charge in [-0.3, -0.25) is 9.59 Å². The second-order valence-electron chi connectivity index (χ2n) is 6.61. The number of ketones is 1. The van der Waals surface area contributed by atoms with Crippen molar-refractivity contribution in [2.24, 2.45) is 0 Å². The zero-order valence-electron chi connectivity index (χ0n) is 14.8. The predicted molar refractivity (Wildman–Crippen MR) is 97.6 cm³/mol. The SMILES string of the molecule is Cc1cc(C(=O)CCC(=O)N2CCc3ccc(F)cc3C2C)c(C)s1. The molecule has 0 saturated heterocycles. The summed E-state index contributed by atoms with van der Waals surface area (Å²) in [7, 11) is 0. The maximum atomic E-state index is 13.5. The van der Waals surface area contributed by atoms with Crippen molar-refractivity contribution in [2.75, 3.05) is 6.54 Å². The molecule has 1 aromatic carbocycles. The lowest BCUT2D eigenvalue weighted by Gasteiger charge is -2.35. The molecule has 1 unspecified atom stereocenters. The van der Waals surface area contributed by atoms with Gasteiger partial charge in [0.1, 0.15) is 5.82 Å². The molecule has 0 N–H and O–H groups in total. The van der Waals surface area contributed by atoms with Crippen LogP contribution in [0.4, 0.5) is 4.39 Å². The average molecular weight is 359 g/mol. The van der Waals surface area contributed by atoms with Crippen LogP contribution in [0.25, 0.3) is 0 Å². The first-order valence-corrected chi connectivity index (χ1v) is 9.36. The van der Waals surface area contributed by atoms with E-state index in [-0.39, 0.29) is 36.4 Å². The van der Waals surface area contributed by atoms with Crippen molar-refractivity contribution in [3.63, 3.8) is 0 Å². The Balaban J connectivity index is 1.66. The van der Waals surface area contributed by atoms with Gasteiger partial charge < -0.3 is 4.90 Å². The van der Waals surface area contributed by atoms with E-state index in [9.17, 15) is 14.0 Å². The summed E-state index contributed by atoms with van der Waals surface area (Å²) < 4.78 is 13.5. The minimum Gasteiger partial charge on any atom is -0.336 e. The lowest BCUT2D eigenvalue weighted by atomic mass is 9.93. The van der Waals surface area contributed by atoms with Crippen LogP contribution in [0.3, 0.4) is 0 Å². The minimum absolute atomic E-state index is 0.0197. The largest absolute Gasteiger partial charge is 0.336 e. The van der Waals surface area contributed by atoms with Crippen LogP contribution in [0.1, 0.15) is 57.0 Å². The van der Waals surface area contributed by atoms with Gasteiger partial charge in [-0.05, 0) is 56.5 Å². The van der Waals surface area contributed by atoms with E-state index in [0.717, 1.165) is 32.9 Å². The molecule has 2 aromatic rings. The van der Waals surface area contributed by atoms with E-state index in [1.54, 1.807) is 22.3 Å². The van der Waals surface area contributed by atoms with E-state index in [2.05, 4.69) is 0 Å². The van der Waals surface area contributed by atoms with Gasteiger partial charge in [0.15, 0.2) is 5.78 Å². The van der Waals surface area contributed by atoms with Crippen molar-refractivity contribution in [2.45, 2.75) is 46.1 Å². The van der Waals surface area contributed by atoms with Gasteiger partial charge in [-0.25, -0.2) is 4.39 Å². The van der Waals surface area contributed by atoms with Gasteiger partial charge in [0.05, 0.1) is 6.04 Å². The number of carbonyl (C=O) groups is 2. The second-order valence-corrected chi connectivity index (χ2v) is 8.07. The van der Waals surface area contributed by atoms with Crippen molar-refractivity contribution >= 4 is 23.0 Å². The molecule has 1 atom stereocenters. The normalized spacial score (nSPS) is 16.6. The summed E-state index contributed by atoms with van der Waals surface area (Å²) in [5, 5.41) is 0. The van der Waals surface area contributed by atoms with Gasteiger partial charge in [0.25, 0.3) is 0 Å². The molecule has 3 nitrogen and oxygen atoms in total. The Morgan fingerprint density at radius 2 is 2.00 bits per heavy atom. The van der Waals surface area contributed by atoms with Gasteiger partial charge in [0.2, 0.25) is 5.91 Å². The van der Waals surface area contributed by atoms with Gasteiger partial charge in [-0.2, -0.15) is 0 Å². The van der Waals surface area contributed by atoms with Crippen LogP contribution in [-0.4, -0.2) is 23.1 Å². The fourth-order valence-corrected chi connectivity index (χ4v) is 4.47. The zero-order valence-corrected chi connectivity index (χ0v) is 15.6. The summed E-state index contributed by atoms with van der Waals surface area (Å²) in [5.41, 5.74) is 2.70. The summed E-state index contributed by atoms with van der Waals surface area (Å²) in [6, 6.07) is 6.52. The number of fused-ring (bicyclic) bond motifs is 1. The Hall–Kier alpha value is -2.01. The molecule has 0 fully saturated rings. The Morgan fingerprint density at radius 3 is 2.68 bits per heavy atom. The number of Topliss-reactive ketones (excluding diaryl/α,β-unsaturated/α-hetero) is 1. The molecule has 0 saturated carbocycles. The lowest BCUT2D eigenvalue weighted by Crippen LogP contribution is -2.39. The highest BCUT2D eigenvalue weighted by molar-refractivity contribution is 7.12. The van der Waals surface area contributed by atoms with Gasteiger partial charge >= 0.3 is 0 Å². The topological polar surface area (TPSA) is 37.4 Å². The van der Waals surface area contributed by atoms with Crippen molar-refractivity contribution < 1.29 is 14.0 Å². The monoisotopic (exact) mass is 359 g/mol. The van der Waals surface area contributed by atoms with E-state index < -0.39 is 0 Å². The second kappa shape index (κ2) is 7.08. The molecule has 132 valence electrons. The third kappa shape index (κ3) is 3.66. The minimum atomic E-state index is -0.279. The number of hydrogen-bond acceptors (Lipinski definition) is 3. The number of rotatable bonds is 4. The molecule has 1 aliphatic rings. The van der Waals surface area contributed by atoms with E-state index in [4.69, 9.17) is 0 Å². The summed E-state index contributed by atoms with van der Waals surface area (Å²) in [4.78, 5) is 28.9. The zero-order chi connectivity index (χ0) is 18.1. The van der Waals surface area contributed by atoms with Crippen LogP contribution in [0.15, 0.2) is 24.3 Å². The maximum Gasteiger partial charge on any atom is 0.223 e. The van der Waals surface area contributed by atoms with Crippen molar-refractivity contribution in [3.05, 3.63) is 56.5 Å². The number of benzene rings is 1. The number of carbonyl (C=O) groups excluding carboxylic acids is 2. The van der Waals surface area contributed by atoms with E-state index in [1.165, 1.54) is 12.1 Å². The fourth-order valence-electron chi connectivity index (χ4n) is 3.53.